The lowest BCUT2D eigenvalue weighted by Crippen LogP contribution is -2.30. The maximum absolute atomic E-state index is 12.9. The number of anilines is 1. The number of carbonyl (C=O) groups is 1. The van der Waals surface area contributed by atoms with Crippen LogP contribution in [0.1, 0.15) is 23.6 Å². The highest BCUT2D eigenvalue weighted by atomic mass is 32.1. The molecule has 0 spiro atoms. The highest BCUT2D eigenvalue weighted by Crippen LogP contribution is 2.25. The van der Waals surface area contributed by atoms with Crippen LogP contribution in [-0.2, 0) is 16.1 Å². The Kier molecular flexibility index (Phi) is 5.88. The fourth-order valence-corrected chi connectivity index (χ4v) is 3.21. The second kappa shape index (κ2) is 8.33. The van der Waals surface area contributed by atoms with Gasteiger partial charge in [0, 0.05) is 12.2 Å². The predicted molar refractivity (Wildman–Crippen MR) is 111 cm³/mol. The molecule has 2 aromatic carbocycles. The van der Waals surface area contributed by atoms with Crippen molar-refractivity contribution in [3.63, 3.8) is 0 Å². The van der Waals surface area contributed by atoms with E-state index >= 15 is 0 Å². The van der Waals surface area contributed by atoms with E-state index in [4.69, 9.17) is 21.7 Å². The number of carbonyl (C=O) groups excluding carboxylic acids is 1. The van der Waals surface area contributed by atoms with Gasteiger partial charge in [0.25, 0.3) is 5.91 Å². The summed E-state index contributed by atoms with van der Waals surface area (Å²) in [7, 11) is 1.63. The van der Waals surface area contributed by atoms with Crippen LogP contribution in [0.2, 0.25) is 0 Å². The molecule has 1 aliphatic rings. The molecule has 5 nitrogen and oxygen atoms in total. The molecule has 0 atom stereocenters. The van der Waals surface area contributed by atoms with Gasteiger partial charge in [-0.15, -0.1) is 0 Å². The molecule has 0 saturated carbocycles. The molecule has 0 unspecified atom stereocenters. The van der Waals surface area contributed by atoms with Crippen LogP contribution in [0.4, 0.5) is 5.69 Å². The molecule has 0 radical (unpaired) electrons. The smallest absolute Gasteiger partial charge is 0.281 e. The molecule has 1 saturated heterocycles. The molecule has 27 heavy (non-hydrogen) atoms. The van der Waals surface area contributed by atoms with E-state index in [0.29, 0.717) is 24.0 Å². The number of ether oxygens (including phenoxy) is 2. The van der Waals surface area contributed by atoms with Crippen molar-refractivity contribution in [2.45, 2.75) is 20.5 Å². The summed E-state index contributed by atoms with van der Waals surface area (Å²) < 4.78 is 10.9. The van der Waals surface area contributed by atoms with Gasteiger partial charge in [0.2, 0.25) is 0 Å². The van der Waals surface area contributed by atoms with Crippen LogP contribution in [-0.4, -0.2) is 24.7 Å². The summed E-state index contributed by atoms with van der Waals surface area (Å²) in [5, 5.41) is 3.39. The zero-order valence-corrected chi connectivity index (χ0v) is 16.4. The van der Waals surface area contributed by atoms with Crippen molar-refractivity contribution in [1.29, 1.82) is 0 Å². The largest absolute Gasteiger partial charge is 0.496 e. The number of hydrogen-bond acceptors (Lipinski definition) is 4. The summed E-state index contributed by atoms with van der Waals surface area (Å²) >= 11 is 5.37. The average molecular weight is 382 g/mol. The van der Waals surface area contributed by atoms with E-state index in [1.54, 1.807) is 13.2 Å². The summed E-state index contributed by atoms with van der Waals surface area (Å²) in [6, 6.07) is 13.4. The third-order valence-corrected chi connectivity index (χ3v) is 4.50. The number of hydrogen-bond donors (Lipinski definition) is 1. The van der Waals surface area contributed by atoms with Crippen molar-refractivity contribution < 1.29 is 14.3 Å². The second-order valence-corrected chi connectivity index (χ2v) is 6.56. The maximum atomic E-state index is 12.9. The lowest BCUT2D eigenvalue weighted by molar-refractivity contribution is -0.113. The number of nitrogens with zero attached hydrogens (tertiary/aromatic N) is 1. The molecule has 2 aromatic rings. The average Bonchev–Trinajstić information content (AvgIpc) is 2.93. The van der Waals surface area contributed by atoms with Crippen molar-refractivity contribution in [3.8, 4) is 5.75 Å². The lowest BCUT2D eigenvalue weighted by atomic mass is 10.1. The van der Waals surface area contributed by atoms with E-state index in [1.807, 2.05) is 56.3 Å². The third kappa shape index (κ3) is 4.18. The molecule has 1 aliphatic heterocycles. The van der Waals surface area contributed by atoms with Gasteiger partial charge in [0.15, 0.2) is 5.11 Å². The van der Waals surface area contributed by atoms with E-state index in [-0.39, 0.29) is 5.91 Å². The maximum Gasteiger partial charge on any atom is 0.281 e. The van der Waals surface area contributed by atoms with Gasteiger partial charge in [0.1, 0.15) is 11.4 Å². The lowest BCUT2D eigenvalue weighted by Gasteiger charge is -2.14. The van der Waals surface area contributed by atoms with Crippen LogP contribution in [0.25, 0.3) is 6.08 Å². The SMILES string of the molecule is CCOCc1cc(/C=C2/NC(=S)N(c3cccc(C)c3)C2=O)ccc1OC. The zero-order valence-electron chi connectivity index (χ0n) is 15.6. The molecule has 1 fully saturated rings. The van der Waals surface area contributed by atoms with E-state index in [2.05, 4.69) is 5.32 Å². The summed E-state index contributed by atoms with van der Waals surface area (Å²) in [5.41, 5.74) is 4.06. The normalized spacial score (nSPS) is 15.4. The monoisotopic (exact) mass is 382 g/mol. The Bertz CT molecular complexity index is 908. The van der Waals surface area contributed by atoms with Crippen LogP contribution in [0.15, 0.2) is 48.2 Å². The topological polar surface area (TPSA) is 50.8 Å². The standard InChI is InChI=1S/C21H22N2O3S/c1-4-26-13-16-11-15(8-9-19(16)25-3)12-18-20(24)23(21(27)22-18)17-7-5-6-14(2)10-17/h5-12H,4,13H2,1-3H3,(H,22,27)/b18-12+. The summed E-state index contributed by atoms with van der Waals surface area (Å²) in [6.07, 6.45) is 1.79. The number of rotatable bonds is 6. The highest BCUT2D eigenvalue weighted by molar-refractivity contribution is 7.80. The Morgan fingerprint density at radius 2 is 2.04 bits per heavy atom. The summed E-state index contributed by atoms with van der Waals surface area (Å²) in [4.78, 5) is 14.4. The van der Waals surface area contributed by atoms with Crippen molar-refractivity contribution >= 4 is 35.0 Å². The molecule has 0 aliphatic carbocycles. The van der Waals surface area contributed by atoms with Gasteiger partial charge in [-0.25, -0.2) is 0 Å². The van der Waals surface area contributed by atoms with Crippen LogP contribution in [0, 0.1) is 6.92 Å². The molecule has 6 heteroatoms. The van der Waals surface area contributed by atoms with E-state index in [0.717, 1.165) is 28.1 Å². The first-order valence-corrected chi connectivity index (χ1v) is 9.12. The van der Waals surface area contributed by atoms with Gasteiger partial charge in [-0.3, -0.25) is 9.69 Å². The Morgan fingerprint density at radius 1 is 1.22 bits per heavy atom. The quantitative estimate of drug-likeness (QED) is 0.608. The summed E-state index contributed by atoms with van der Waals surface area (Å²) in [5.74, 6) is 0.584. The molecule has 140 valence electrons. The third-order valence-electron chi connectivity index (χ3n) is 4.22. The van der Waals surface area contributed by atoms with Gasteiger partial charge in [-0.2, -0.15) is 0 Å². The van der Waals surface area contributed by atoms with Crippen LogP contribution in [0.5, 0.6) is 5.75 Å². The molecule has 0 aromatic heterocycles. The molecule has 1 amide bonds. The van der Waals surface area contributed by atoms with Crippen molar-refractivity contribution in [1.82, 2.24) is 5.32 Å². The van der Waals surface area contributed by atoms with Gasteiger partial charge in [0.05, 0.1) is 19.4 Å². The minimum absolute atomic E-state index is 0.173. The van der Waals surface area contributed by atoms with Crippen LogP contribution < -0.4 is 15.0 Å². The fourth-order valence-electron chi connectivity index (χ4n) is 2.92. The van der Waals surface area contributed by atoms with E-state index < -0.39 is 0 Å². The Hall–Kier alpha value is -2.70. The first-order valence-electron chi connectivity index (χ1n) is 8.72. The predicted octanol–water partition coefficient (Wildman–Crippen LogP) is 3.80. The molecular formula is C21H22N2O3S. The minimum atomic E-state index is -0.173. The number of thiocarbonyl (C=S) groups is 1. The van der Waals surface area contributed by atoms with Crippen molar-refractivity contribution in [2.75, 3.05) is 18.6 Å². The molecule has 0 bridgehead atoms. The first kappa shape index (κ1) is 19.1. The molecular weight excluding hydrogens is 360 g/mol. The Balaban J connectivity index is 1.89. The molecule has 1 heterocycles. The fraction of sp³-hybridized carbons (Fsp3) is 0.238. The van der Waals surface area contributed by atoms with Gasteiger partial charge in [-0.1, -0.05) is 18.2 Å². The van der Waals surface area contributed by atoms with E-state index in [9.17, 15) is 4.79 Å². The zero-order chi connectivity index (χ0) is 19.4. The minimum Gasteiger partial charge on any atom is -0.496 e. The first-order chi connectivity index (χ1) is 13.0. The second-order valence-electron chi connectivity index (χ2n) is 6.18. The number of methoxy groups -OCH3 is 1. The van der Waals surface area contributed by atoms with Crippen LogP contribution >= 0.6 is 12.2 Å². The number of benzene rings is 2. The van der Waals surface area contributed by atoms with Gasteiger partial charge >= 0.3 is 0 Å². The Morgan fingerprint density at radius 3 is 2.74 bits per heavy atom. The Labute approximate surface area is 164 Å². The van der Waals surface area contributed by atoms with Gasteiger partial charge < -0.3 is 14.8 Å². The molecule has 3 rings (SSSR count). The number of nitrogens with one attached hydrogen (secondary N) is 1. The molecule has 1 N–H and O–H groups in total. The highest BCUT2D eigenvalue weighted by Gasteiger charge is 2.31. The van der Waals surface area contributed by atoms with Crippen molar-refractivity contribution in [2.24, 2.45) is 0 Å². The summed E-state index contributed by atoms with van der Waals surface area (Å²) in [6.45, 7) is 4.99. The van der Waals surface area contributed by atoms with Gasteiger partial charge in [-0.05, 0) is 67.5 Å². The van der Waals surface area contributed by atoms with Crippen LogP contribution in [0.3, 0.4) is 0 Å². The van der Waals surface area contributed by atoms with E-state index in [1.165, 1.54) is 4.90 Å². The number of amides is 1. The van der Waals surface area contributed by atoms with Crippen molar-refractivity contribution in [3.05, 3.63) is 64.9 Å². The number of aryl methyl sites for hydroxylation is 1.